The molecule has 166 valence electrons. The molecule has 2 aromatic heterocycles. The molecule has 1 saturated heterocycles. The lowest BCUT2D eigenvalue weighted by Crippen LogP contribution is -2.56. The van der Waals surface area contributed by atoms with Gasteiger partial charge in [0.05, 0.1) is 17.3 Å². The number of aromatic nitrogens is 2. The molecule has 1 saturated carbocycles. The average Bonchev–Trinajstić information content (AvgIpc) is 2.75. The first-order chi connectivity index (χ1) is 15.3. The lowest BCUT2D eigenvalue weighted by Gasteiger charge is -2.50. The molecule has 0 unspecified atom stereocenters. The molecule has 0 spiro atoms. The minimum atomic E-state index is -1.68. The van der Waals surface area contributed by atoms with Crippen LogP contribution in [0.5, 0.6) is 5.75 Å². The molecule has 1 aliphatic carbocycles. The fourth-order valence-corrected chi connectivity index (χ4v) is 4.72. The molecule has 0 radical (unpaired) electrons. The van der Waals surface area contributed by atoms with Gasteiger partial charge >= 0.3 is 6.16 Å². The number of hydrogen-bond donors (Lipinski definition) is 2. The average molecular weight is 442 g/mol. The zero-order chi connectivity index (χ0) is 22.6. The van der Waals surface area contributed by atoms with Gasteiger partial charge in [-0.1, -0.05) is 0 Å². The van der Waals surface area contributed by atoms with E-state index < -0.39 is 29.0 Å². The van der Waals surface area contributed by atoms with E-state index in [1.54, 1.807) is 6.07 Å². The van der Waals surface area contributed by atoms with E-state index in [2.05, 4.69) is 14.6 Å². The van der Waals surface area contributed by atoms with Crippen LogP contribution in [0.3, 0.4) is 0 Å². The number of pyridine rings is 2. The molecule has 2 fully saturated rings. The minimum Gasteiger partial charge on any atom is -0.449 e. The third kappa shape index (κ3) is 3.36. The first-order valence-corrected chi connectivity index (χ1v) is 10.2. The van der Waals surface area contributed by atoms with Crippen LogP contribution in [0.15, 0.2) is 41.3 Å². The fraction of sp³-hybridized carbons (Fsp3) is 0.318. The molecule has 5 rings (SSSR count). The van der Waals surface area contributed by atoms with Crippen LogP contribution >= 0.6 is 0 Å². The smallest absolute Gasteiger partial charge is 0.449 e. The Kier molecular flexibility index (Phi) is 4.81. The zero-order valence-corrected chi connectivity index (χ0v) is 16.9. The molecule has 8 nitrogen and oxygen atoms in total. The maximum Gasteiger partial charge on any atom is 0.511 e. The normalized spacial score (nSPS) is 22.3. The number of rotatable bonds is 3. The van der Waals surface area contributed by atoms with Crippen molar-refractivity contribution in [3.8, 4) is 11.4 Å². The van der Waals surface area contributed by atoms with Gasteiger partial charge in [-0.25, -0.2) is 18.6 Å². The SMILES string of the molecule is N[C@H]1C[C@H]2CCN(c3ccc4c(=O)c(OC(=O)O)cn(-c5ccc(F)cc5F)c4n3)C[C@H]21. The summed E-state index contributed by atoms with van der Waals surface area (Å²) < 4.78 is 33.9. The third-order valence-electron chi connectivity index (χ3n) is 6.43. The number of carboxylic acid groups (broad SMARTS) is 1. The van der Waals surface area contributed by atoms with Gasteiger partial charge in [-0.05, 0) is 48.9 Å². The number of fused-ring (bicyclic) bond motifs is 2. The molecule has 2 aliphatic rings. The van der Waals surface area contributed by atoms with Crippen LogP contribution in [0.25, 0.3) is 16.7 Å². The zero-order valence-electron chi connectivity index (χ0n) is 16.9. The Balaban J connectivity index is 1.66. The molecule has 3 aromatic rings. The van der Waals surface area contributed by atoms with Crippen LogP contribution in [0, 0.1) is 23.5 Å². The summed E-state index contributed by atoms with van der Waals surface area (Å²) >= 11 is 0. The van der Waals surface area contributed by atoms with Gasteiger partial charge < -0.3 is 20.5 Å². The molecule has 1 aliphatic heterocycles. The monoisotopic (exact) mass is 442 g/mol. The van der Waals surface area contributed by atoms with Gasteiger partial charge in [0.2, 0.25) is 5.43 Å². The predicted octanol–water partition coefficient (Wildman–Crippen LogP) is 2.89. The highest BCUT2D eigenvalue weighted by atomic mass is 19.1. The number of anilines is 1. The van der Waals surface area contributed by atoms with E-state index in [0.717, 1.165) is 38.2 Å². The first-order valence-electron chi connectivity index (χ1n) is 10.2. The van der Waals surface area contributed by atoms with Crippen molar-refractivity contribution in [2.24, 2.45) is 17.6 Å². The Bertz CT molecular complexity index is 1290. The van der Waals surface area contributed by atoms with Crippen LogP contribution in [0.2, 0.25) is 0 Å². The number of piperidine rings is 1. The van der Waals surface area contributed by atoms with E-state index in [1.807, 2.05) is 0 Å². The maximum atomic E-state index is 14.6. The Morgan fingerprint density at radius 2 is 2.06 bits per heavy atom. The second-order valence-electron chi connectivity index (χ2n) is 8.25. The van der Waals surface area contributed by atoms with Gasteiger partial charge in [-0.2, -0.15) is 0 Å². The van der Waals surface area contributed by atoms with Crippen LogP contribution < -0.4 is 20.8 Å². The van der Waals surface area contributed by atoms with Crippen molar-refractivity contribution in [3.63, 3.8) is 0 Å². The first kappa shape index (κ1) is 20.4. The number of nitrogens with two attached hydrogens (primary N) is 1. The summed E-state index contributed by atoms with van der Waals surface area (Å²) in [4.78, 5) is 30.5. The topological polar surface area (TPSA) is 111 Å². The Hall–Kier alpha value is -3.53. The van der Waals surface area contributed by atoms with Crippen LogP contribution in [-0.2, 0) is 0 Å². The number of hydrogen-bond acceptors (Lipinski definition) is 6. The van der Waals surface area contributed by atoms with Crippen LogP contribution in [-0.4, -0.2) is 39.9 Å². The van der Waals surface area contributed by atoms with E-state index in [4.69, 9.17) is 10.8 Å². The maximum absolute atomic E-state index is 14.6. The molecule has 10 heteroatoms. The van der Waals surface area contributed by atoms with Gasteiger partial charge in [0.15, 0.2) is 11.4 Å². The quantitative estimate of drug-likeness (QED) is 0.600. The number of carbonyl (C=O) groups is 1. The fourth-order valence-electron chi connectivity index (χ4n) is 4.72. The van der Waals surface area contributed by atoms with E-state index >= 15 is 0 Å². The summed E-state index contributed by atoms with van der Waals surface area (Å²) in [5, 5.41) is 9.02. The van der Waals surface area contributed by atoms with Crippen molar-refractivity contribution in [2.75, 3.05) is 18.0 Å². The summed E-state index contributed by atoms with van der Waals surface area (Å²) in [5.41, 5.74) is 5.45. The number of nitrogens with zero attached hydrogens (tertiary/aromatic N) is 3. The molecule has 0 bridgehead atoms. The van der Waals surface area contributed by atoms with Gasteiger partial charge in [-0.3, -0.25) is 9.36 Å². The molecular weight excluding hydrogens is 422 g/mol. The van der Waals surface area contributed by atoms with Crippen molar-refractivity contribution in [3.05, 3.63) is 58.4 Å². The van der Waals surface area contributed by atoms with E-state index in [9.17, 15) is 18.4 Å². The highest BCUT2D eigenvalue weighted by molar-refractivity contribution is 5.81. The van der Waals surface area contributed by atoms with E-state index in [1.165, 1.54) is 16.7 Å². The van der Waals surface area contributed by atoms with Gasteiger partial charge in [0.25, 0.3) is 0 Å². The predicted molar refractivity (Wildman–Crippen MR) is 112 cm³/mol. The Morgan fingerprint density at radius 3 is 2.78 bits per heavy atom. The number of benzene rings is 1. The lowest BCUT2D eigenvalue weighted by molar-refractivity contribution is 0.110. The second kappa shape index (κ2) is 7.56. The molecule has 32 heavy (non-hydrogen) atoms. The summed E-state index contributed by atoms with van der Waals surface area (Å²) in [7, 11) is 0. The highest BCUT2D eigenvalue weighted by Gasteiger charge is 2.42. The van der Waals surface area contributed by atoms with Crippen molar-refractivity contribution in [2.45, 2.75) is 18.9 Å². The molecule has 3 N–H and O–H groups in total. The Labute approximate surface area is 180 Å². The number of halogens is 2. The summed E-state index contributed by atoms with van der Waals surface area (Å²) in [6.45, 7) is 1.52. The lowest BCUT2D eigenvalue weighted by atomic mass is 9.66. The van der Waals surface area contributed by atoms with E-state index in [0.29, 0.717) is 23.7 Å². The molecule has 3 heterocycles. The minimum absolute atomic E-state index is 0.0476. The van der Waals surface area contributed by atoms with Gasteiger partial charge in [0, 0.05) is 25.2 Å². The van der Waals surface area contributed by atoms with Crippen LogP contribution in [0.4, 0.5) is 19.4 Å². The molecule has 0 amide bonds. The molecular formula is C22H20F2N4O4. The van der Waals surface area contributed by atoms with Crippen molar-refractivity contribution in [1.82, 2.24) is 9.55 Å². The van der Waals surface area contributed by atoms with Crippen molar-refractivity contribution >= 4 is 23.0 Å². The van der Waals surface area contributed by atoms with Crippen molar-refractivity contribution < 1.29 is 23.4 Å². The standard InChI is InChI=1S/C22H20F2N4O4/c23-12-1-3-17(15(24)8-12)28-10-18(32-22(30)31)20(29)13-2-4-19(26-21(13)28)27-6-5-11-7-16(25)14(11)9-27/h1-4,8,10-11,14,16H,5-7,9,25H2,(H,30,31)/t11-,14-,16+/m1/s1. The van der Waals surface area contributed by atoms with Crippen molar-refractivity contribution in [1.29, 1.82) is 0 Å². The van der Waals surface area contributed by atoms with Gasteiger partial charge in [-0.15, -0.1) is 0 Å². The summed E-state index contributed by atoms with van der Waals surface area (Å²) in [5.74, 6) is -0.591. The van der Waals surface area contributed by atoms with E-state index in [-0.39, 0.29) is 22.8 Å². The second-order valence-corrected chi connectivity index (χ2v) is 8.25. The summed E-state index contributed by atoms with van der Waals surface area (Å²) in [6.07, 6.45) is 1.39. The summed E-state index contributed by atoms with van der Waals surface area (Å²) in [6, 6.07) is 6.29. The largest absolute Gasteiger partial charge is 0.511 e. The van der Waals surface area contributed by atoms with Crippen LogP contribution in [0.1, 0.15) is 12.8 Å². The Morgan fingerprint density at radius 1 is 1.25 bits per heavy atom. The van der Waals surface area contributed by atoms with Gasteiger partial charge in [0.1, 0.15) is 17.5 Å². The third-order valence-corrected chi connectivity index (χ3v) is 6.43. The molecule has 1 aromatic carbocycles. The highest BCUT2D eigenvalue weighted by Crippen LogP contribution is 2.40. The molecule has 3 atom stereocenters. The number of ether oxygens (including phenoxy) is 1.